The van der Waals surface area contributed by atoms with E-state index in [9.17, 15) is 9.59 Å². The van der Waals surface area contributed by atoms with Gasteiger partial charge in [0.2, 0.25) is 0 Å². The summed E-state index contributed by atoms with van der Waals surface area (Å²) in [6.45, 7) is 24.5. The third-order valence-corrected chi connectivity index (χ3v) is 32.0. The number of fused-ring (bicyclic) bond motifs is 13. The van der Waals surface area contributed by atoms with Crippen LogP contribution in [0.15, 0.2) is 252 Å². The van der Waals surface area contributed by atoms with Gasteiger partial charge in [0.15, 0.2) is 11.6 Å². The number of hydrogen-bond acceptors (Lipinski definition) is 5. The Balaban J connectivity index is 0.000000119. The lowest BCUT2D eigenvalue weighted by Crippen LogP contribution is -2.41. The van der Waals surface area contributed by atoms with Crippen molar-refractivity contribution in [2.24, 2.45) is 0 Å². The number of halogens is 2. The SMILES string of the molecule is CC1(C)c2ccccc2-c2ccc(-c3ccc4c(c3)C(=O)c3cc(-c5ccc6c(c5)C(C)(C)c5ccccc5-6)ccc3CC4)cc21.CC1(C)c2ccccc2-c2ccc(B3OC(C)(C)C(C)(C)O3)cc21.COc1cccc(C)c1-c1ccccc1P(C1CCCCC1)C1CCCCC1.O=C1c2cc(Br)ccc2CCc2ccc(Br)cc21. The Bertz CT molecular complexity index is 5600. The molecule has 0 bridgehead atoms. The highest BCUT2D eigenvalue weighted by molar-refractivity contribution is 9.10. The van der Waals surface area contributed by atoms with E-state index in [1.807, 2.05) is 43.5 Å². The zero-order valence-electron chi connectivity index (χ0n) is 69.5. The summed E-state index contributed by atoms with van der Waals surface area (Å²) < 4.78 is 20.2. The van der Waals surface area contributed by atoms with Gasteiger partial charge in [-0.05, 0) is 285 Å². The van der Waals surface area contributed by atoms with Crippen LogP contribution in [0.5, 0.6) is 5.75 Å². The van der Waals surface area contributed by atoms with Gasteiger partial charge in [-0.15, -0.1) is 0 Å². The molecule has 1 saturated heterocycles. The number of carbonyl (C=O) groups is 2. The van der Waals surface area contributed by atoms with Crippen molar-refractivity contribution in [3.05, 3.63) is 335 Å². The molecule has 3 fully saturated rings. The normalized spacial score (nSPS) is 17.7. The van der Waals surface area contributed by atoms with Crippen molar-refractivity contribution < 1.29 is 23.6 Å². The monoisotopic (exact) mass is 1670 g/mol. The molecule has 0 aromatic heterocycles. The summed E-state index contributed by atoms with van der Waals surface area (Å²) >= 11 is 6.87. The Morgan fingerprint density at radius 2 is 0.707 bits per heavy atom. The first-order valence-corrected chi connectivity index (χ1v) is 45.4. The molecule has 116 heavy (non-hydrogen) atoms. The lowest BCUT2D eigenvalue weighted by Gasteiger charge is -2.39. The molecule has 5 nitrogen and oxygen atoms in total. The zero-order valence-corrected chi connectivity index (χ0v) is 73.5. The van der Waals surface area contributed by atoms with Crippen molar-refractivity contribution in [1.82, 2.24) is 0 Å². The van der Waals surface area contributed by atoms with Crippen LogP contribution in [0.3, 0.4) is 0 Å². The van der Waals surface area contributed by atoms with Crippen molar-refractivity contribution in [3.8, 4) is 72.5 Å². The number of ether oxygens (including phenoxy) is 1. The fraction of sp³-hybridized carbons (Fsp3) is 0.308. The lowest BCUT2D eigenvalue weighted by molar-refractivity contribution is 0.00578. The minimum absolute atomic E-state index is 0.00553. The Morgan fingerprint density at radius 3 is 1.14 bits per heavy atom. The minimum Gasteiger partial charge on any atom is -0.496 e. The van der Waals surface area contributed by atoms with Crippen LogP contribution in [-0.2, 0) is 51.2 Å². The molecule has 0 spiro atoms. The zero-order chi connectivity index (χ0) is 80.7. The first kappa shape index (κ1) is 79.6. The van der Waals surface area contributed by atoms with Crippen LogP contribution in [0.2, 0.25) is 0 Å². The maximum absolute atomic E-state index is 14.4. The maximum Gasteiger partial charge on any atom is 0.494 e. The molecule has 2 saturated carbocycles. The molecule has 12 aromatic carbocycles. The van der Waals surface area contributed by atoms with Gasteiger partial charge >= 0.3 is 7.12 Å². The lowest BCUT2D eigenvalue weighted by atomic mass is 9.74. The van der Waals surface area contributed by atoms with Crippen LogP contribution in [-0.4, -0.2) is 48.3 Å². The van der Waals surface area contributed by atoms with E-state index in [1.54, 1.807) is 5.30 Å². The van der Waals surface area contributed by atoms with Gasteiger partial charge in [0, 0.05) is 53.0 Å². The second-order valence-corrected chi connectivity index (χ2v) is 40.7. The van der Waals surface area contributed by atoms with Gasteiger partial charge in [0.25, 0.3) is 0 Å². The number of hydrogen-bond donors (Lipinski definition) is 0. The van der Waals surface area contributed by atoms with Crippen LogP contribution in [0.4, 0.5) is 0 Å². The standard InChI is InChI=1S/C45H36O.C26H35OP.C21H25BO2.C15H10Br2O/c1-44(2)39-11-7-5-9-33(39)35-21-19-31(25-41(35)44)29-17-15-27-13-14-28-16-18-30(24-38(28)43(46)37(27)23-29)32-20-22-36-34-10-6-8-12-40(34)45(3,4)42(36)26-32;1-20-12-11-18-24(27-2)26(20)23-17-9-10-19-25(23)28(21-13-5-3-6-14-21)22-15-7-4-8-16-22;1-19(2)17-10-8-7-9-15(17)16-12-11-14(13-18(16)19)22-23-20(3,4)21(5,6)24-22;16-11-5-3-9-1-2-10-4-6-12(17)8-14(10)15(18)13(9)7-11/h5-12,15-26H,13-14H2,1-4H3;9-12,17-19,21-22H,3-8,13-16H2,1-2H3;7-13H,1-6H3;3-8H,1-2H2. The van der Waals surface area contributed by atoms with E-state index < -0.39 is 0 Å². The maximum atomic E-state index is 14.4. The summed E-state index contributed by atoms with van der Waals surface area (Å²) in [7, 11) is 1.38. The number of methoxy groups -OCH3 is 1. The predicted octanol–water partition coefficient (Wildman–Crippen LogP) is 27.2. The molecule has 586 valence electrons. The molecule has 1 aliphatic heterocycles. The fourth-order valence-corrected chi connectivity index (χ4v) is 24.9. The molecular weight excluding hydrogens is 1570 g/mol. The summed E-state index contributed by atoms with van der Waals surface area (Å²) in [5.41, 5.74) is 34.8. The van der Waals surface area contributed by atoms with Gasteiger partial charge in [-0.1, -0.05) is 308 Å². The summed E-state index contributed by atoms with van der Waals surface area (Å²) in [5, 5.41) is 1.66. The summed E-state index contributed by atoms with van der Waals surface area (Å²) in [4.78, 5) is 27.0. The van der Waals surface area contributed by atoms with Crippen molar-refractivity contribution in [1.29, 1.82) is 0 Å². The van der Waals surface area contributed by atoms with Crippen molar-refractivity contribution in [3.63, 3.8) is 0 Å². The molecule has 0 atom stereocenters. The number of ketones is 2. The second-order valence-electron chi connectivity index (χ2n) is 36.1. The number of rotatable bonds is 8. The molecular formula is C107H106BBr2O5P. The summed E-state index contributed by atoms with van der Waals surface area (Å²) in [6.07, 6.45) is 18.0. The Morgan fingerprint density at radius 1 is 0.353 bits per heavy atom. The first-order chi connectivity index (χ1) is 55.8. The number of aryl methyl sites for hydroxylation is 5. The average molecular weight is 1670 g/mol. The third kappa shape index (κ3) is 14.6. The number of benzene rings is 12. The molecule has 9 heteroatoms. The van der Waals surface area contributed by atoms with E-state index in [4.69, 9.17) is 14.0 Å². The molecule has 20 rings (SSSR count). The van der Waals surface area contributed by atoms with E-state index in [0.29, 0.717) is 0 Å². The molecule has 0 radical (unpaired) electrons. The van der Waals surface area contributed by atoms with Crippen LogP contribution in [0.25, 0.3) is 66.8 Å². The smallest absolute Gasteiger partial charge is 0.494 e. The summed E-state index contributed by atoms with van der Waals surface area (Å²) in [5.74, 6) is 1.28. The van der Waals surface area contributed by atoms with E-state index >= 15 is 0 Å². The van der Waals surface area contributed by atoms with Crippen LogP contribution >= 0.6 is 39.8 Å². The van der Waals surface area contributed by atoms with Gasteiger partial charge in [-0.3, -0.25) is 9.59 Å². The van der Waals surface area contributed by atoms with Crippen LogP contribution in [0.1, 0.15) is 226 Å². The second kappa shape index (κ2) is 31.8. The van der Waals surface area contributed by atoms with Crippen LogP contribution in [0, 0.1) is 6.92 Å². The van der Waals surface area contributed by atoms with Crippen LogP contribution < -0.4 is 15.5 Å². The van der Waals surface area contributed by atoms with E-state index in [2.05, 4.69) is 314 Å². The van der Waals surface area contributed by atoms with E-state index in [1.165, 1.54) is 148 Å². The molecule has 1 heterocycles. The van der Waals surface area contributed by atoms with Gasteiger partial charge < -0.3 is 14.0 Å². The quantitative estimate of drug-likeness (QED) is 0.112. The molecule has 8 aliphatic rings. The summed E-state index contributed by atoms with van der Waals surface area (Å²) in [6, 6.07) is 87.3. The largest absolute Gasteiger partial charge is 0.496 e. The molecule has 0 amide bonds. The van der Waals surface area contributed by atoms with E-state index in [0.717, 1.165) is 124 Å². The van der Waals surface area contributed by atoms with Crippen molar-refractivity contribution in [2.75, 3.05) is 7.11 Å². The minimum atomic E-state index is -0.310. The highest BCUT2D eigenvalue weighted by Gasteiger charge is 2.52. The predicted molar refractivity (Wildman–Crippen MR) is 492 cm³/mol. The fourth-order valence-electron chi connectivity index (χ4n) is 20.2. The van der Waals surface area contributed by atoms with Crippen molar-refractivity contribution >= 4 is 69.2 Å². The van der Waals surface area contributed by atoms with E-state index in [-0.39, 0.29) is 54.1 Å². The topological polar surface area (TPSA) is 61.8 Å². The van der Waals surface area contributed by atoms with Gasteiger partial charge in [0.05, 0.1) is 18.3 Å². The Kier molecular flexibility index (Phi) is 21.8. The first-order valence-electron chi connectivity index (χ1n) is 42.3. The highest BCUT2D eigenvalue weighted by atomic mass is 79.9. The molecule has 0 unspecified atom stereocenters. The Labute approximate surface area is 707 Å². The van der Waals surface area contributed by atoms with Crippen molar-refractivity contribution in [2.45, 2.75) is 205 Å². The van der Waals surface area contributed by atoms with Gasteiger partial charge in [-0.25, -0.2) is 0 Å². The highest BCUT2D eigenvalue weighted by Crippen LogP contribution is 2.58. The van der Waals surface area contributed by atoms with Gasteiger partial charge in [-0.2, -0.15) is 0 Å². The van der Waals surface area contributed by atoms with Gasteiger partial charge in [0.1, 0.15) is 5.75 Å². The molecule has 12 aromatic rings. The number of carbonyl (C=O) groups excluding carboxylic acids is 2. The molecule has 0 N–H and O–H groups in total. The Hall–Kier alpha value is -8.85. The third-order valence-electron chi connectivity index (χ3n) is 27.5. The average Bonchev–Trinajstić information content (AvgIpc) is 1.60. The molecule has 7 aliphatic carbocycles.